The van der Waals surface area contributed by atoms with Crippen LogP contribution >= 0.6 is 0 Å². The summed E-state index contributed by atoms with van der Waals surface area (Å²) in [5, 5.41) is 1.13. The molecule has 7 aromatic carbocycles. The van der Waals surface area contributed by atoms with E-state index in [2.05, 4.69) is 163 Å². The number of benzene rings is 7. The van der Waals surface area contributed by atoms with Gasteiger partial charge in [-0.25, -0.2) is 0 Å². The molecule has 230 valence electrons. The lowest BCUT2D eigenvalue weighted by Crippen LogP contribution is -2.28. The van der Waals surface area contributed by atoms with Crippen LogP contribution in [0.3, 0.4) is 0 Å². The zero-order chi connectivity index (χ0) is 32.4. The molecular weight excluding hydrogens is 599 g/mol. The first-order chi connectivity index (χ1) is 24.3. The fourth-order valence-corrected chi connectivity index (χ4v) is 7.88. The molecule has 0 radical (unpaired) electrons. The van der Waals surface area contributed by atoms with Crippen molar-refractivity contribution in [3.63, 3.8) is 0 Å². The Hall–Kier alpha value is -6.45. The number of aromatic nitrogens is 1. The van der Waals surface area contributed by atoms with E-state index < -0.39 is 5.41 Å². The molecule has 0 N–H and O–H groups in total. The largest absolute Gasteiger partial charge is 0.449 e. The Morgan fingerprint density at radius 3 is 1.80 bits per heavy atom. The third-order valence-electron chi connectivity index (χ3n) is 10.1. The summed E-state index contributed by atoms with van der Waals surface area (Å²) in [6, 6.07) is 60.0. The maximum absolute atomic E-state index is 6.74. The number of hydrogen-bond donors (Lipinski definition) is 0. The highest BCUT2D eigenvalue weighted by Gasteiger charge is 2.47. The van der Waals surface area contributed by atoms with Gasteiger partial charge in [-0.15, -0.1) is 0 Å². The summed E-state index contributed by atoms with van der Waals surface area (Å²) < 4.78 is 13.3. The normalized spacial score (nSPS) is 13.4. The van der Waals surface area contributed by atoms with Gasteiger partial charge in [0.15, 0.2) is 23.0 Å². The number of nitrogens with zero attached hydrogens (tertiary/aromatic N) is 1. The molecule has 1 aliphatic carbocycles. The third-order valence-corrected chi connectivity index (χ3v) is 10.1. The lowest BCUT2D eigenvalue weighted by atomic mass is 9.67. The van der Waals surface area contributed by atoms with Crippen LogP contribution < -0.4 is 9.47 Å². The first-order valence-electron chi connectivity index (χ1n) is 16.6. The molecule has 8 aromatic rings. The molecule has 0 saturated carbocycles. The number of ether oxygens (including phenoxy) is 2. The first-order valence-corrected chi connectivity index (χ1v) is 16.6. The van der Waals surface area contributed by atoms with E-state index in [1.165, 1.54) is 27.8 Å². The van der Waals surface area contributed by atoms with Crippen molar-refractivity contribution in [1.29, 1.82) is 0 Å². The number of hydrogen-bond acceptors (Lipinski definition) is 3. The zero-order valence-electron chi connectivity index (χ0n) is 26.5. The highest BCUT2D eigenvalue weighted by Crippen LogP contribution is 2.59. The summed E-state index contributed by atoms with van der Waals surface area (Å²) in [5.41, 5.74) is 12.2. The second kappa shape index (κ2) is 10.8. The maximum Gasteiger partial charge on any atom is 0.170 e. The van der Waals surface area contributed by atoms with Gasteiger partial charge in [-0.3, -0.25) is 4.98 Å². The lowest BCUT2D eigenvalue weighted by Gasteiger charge is -2.34. The summed E-state index contributed by atoms with van der Waals surface area (Å²) in [5.74, 6) is 2.84. The molecule has 3 heteroatoms. The van der Waals surface area contributed by atoms with Gasteiger partial charge in [-0.1, -0.05) is 140 Å². The quantitative estimate of drug-likeness (QED) is 0.195. The van der Waals surface area contributed by atoms with Gasteiger partial charge in [0.25, 0.3) is 0 Å². The Balaban J connectivity index is 1.06. The van der Waals surface area contributed by atoms with E-state index in [4.69, 9.17) is 9.47 Å². The minimum absolute atomic E-state index is 0.504. The molecule has 0 amide bonds. The van der Waals surface area contributed by atoms with Crippen LogP contribution in [0.2, 0.25) is 0 Å². The average molecular weight is 628 g/mol. The van der Waals surface area contributed by atoms with Crippen LogP contribution in [0, 0.1) is 0 Å². The lowest BCUT2D eigenvalue weighted by molar-refractivity contribution is 0.359. The van der Waals surface area contributed by atoms with E-state index in [1.54, 1.807) is 0 Å². The fourth-order valence-electron chi connectivity index (χ4n) is 7.88. The predicted octanol–water partition coefficient (Wildman–Crippen LogP) is 11.8. The first kappa shape index (κ1) is 27.6. The van der Waals surface area contributed by atoms with Crippen molar-refractivity contribution in [3.05, 3.63) is 198 Å². The van der Waals surface area contributed by atoms with Crippen LogP contribution in [-0.4, -0.2) is 4.98 Å². The molecule has 2 heterocycles. The minimum Gasteiger partial charge on any atom is -0.449 e. The van der Waals surface area contributed by atoms with Gasteiger partial charge in [-0.05, 0) is 80.4 Å². The molecular formula is C46H29NO2. The van der Waals surface area contributed by atoms with E-state index in [9.17, 15) is 0 Å². The molecule has 0 saturated heterocycles. The number of pyridine rings is 1. The van der Waals surface area contributed by atoms with Gasteiger partial charge >= 0.3 is 0 Å². The van der Waals surface area contributed by atoms with Crippen LogP contribution in [0.4, 0.5) is 0 Å². The summed E-state index contributed by atoms with van der Waals surface area (Å²) in [6.07, 6.45) is 1.85. The molecule has 0 fully saturated rings. The van der Waals surface area contributed by atoms with Crippen molar-refractivity contribution in [2.24, 2.45) is 0 Å². The predicted molar refractivity (Wildman–Crippen MR) is 197 cm³/mol. The van der Waals surface area contributed by atoms with E-state index in [1.807, 2.05) is 18.3 Å². The van der Waals surface area contributed by atoms with Crippen molar-refractivity contribution >= 4 is 10.9 Å². The number of rotatable bonds is 4. The summed E-state index contributed by atoms with van der Waals surface area (Å²) in [4.78, 5) is 4.65. The number of fused-ring (bicyclic) bond motifs is 6. The second-order valence-corrected chi connectivity index (χ2v) is 12.7. The summed E-state index contributed by atoms with van der Waals surface area (Å²) >= 11 is 0. The van der Waals surface area contributed by atoms with E-state index in [-0.39, 0.29) is 0 Å². The highest BCUT2D eigenvalue weighted by atomic mass is 16.6. The monoisotopic (exact) mass is 627 g/mol. The number of para-hydroxylation sites is 1. The van der Waals surface area contributed by atoms with Crippen LogP contribution in [0.15, 0.2) is 176 Å². The molecule has 0 unspecified atom stereocenters. The van der Waals surface area contributed by atoms with E-state index in [0.717, 1.165) is 44.5 Å². The summed E-state index contributed by atoms with van der Waals surface area (Å²) in [7, 11) is 0. The molecule has 49 heavy (non-hydrogen) atoms. The smallest absolute Gasteiger partial charge is 0.170 e. The molecule has 1 aromatic heterocycles. The highest BCUT2D eigenvalue weighted by molar-refractivity contribution is 5.94. The summed E-state index contributed by atoms with van der Waals surface area (Å²) in [6.45, 7) is 0. The zero-order valence-corrected chi connectivity index (χ0v) is 26.5. The van der Waals surface area contributed by atoms with Crippen molar-refractivity contribution in [2.45, 2.75) is 5.41 Å². The molecule has 1 aliphatic heterocycles. The SMILES string of the molecule is c1ccc(C2(c3ccccc3)c3ccccc3-c3cc4c(cc32)Oc2cc(-c3ccc(-c5cccc6cccnc56)cc3)ccc2O4)cc1. The Labute approximate surface area is 284 Å². The van der Waals surface area contributed by atoms with Gasteiger partial charge in [-0.2, -0.15) is 0 Å². The standard InChI is InChI=1S/C46H29NO2/c1-3-13-34(14-4-1)46(35-15-5-2-6-16-35)39-19-8-7-17-37(39)38-28-43-44(29-40(38)46)49-42-27-33(24-25-41(42)48-43)30-20-22-31(23-21-30)36-18-9-11-32-12-10-26-47-45(32)36/h1-29H. The Kier molecular flexibility index (Phi) is 6.09. The molecule has 0 bridgehead atoms. The second-order valence-electron chi connectivity index (χ2n) is 12.7. The molecule has 0 atom stereocenters. The van der Waals surface area contributed by atoms with Crippen LogP contribution in [0.5, 0.6) is 23.0 Å². The molecule has 0 spiro atoms. The Morgan fingerprint density at radius 2 is 1.00 bits per heavy atom. The van der Waals surface area contributed by atoms with Gasteiger partial charge in [0.2, 0.25) is 0 Å². The minimum atomic E-state index is -0.504. The van der Waals surface area contributed by atoms with Crippen molar-refractivity contribution in [1.82, 2.24) is 4.98 Å². The fraction of sp³-hybridized carbons (Fsp3) is 0.0217. The van der Waals surface area contributed by atoms with Gasteiger partial charge in [0, 0.05) is 17.1 Å². The average Bonchev–Trinajstić information content (AvgIpc) is 3.46. The maximum atomic E-state index is 6.74. The van der Waals surface area contributed by atoms with Crippen LogP contribution in [0.1, 0.15) is 22.3 Å². The molecule has 10 rings (SSSR count). The Morgan fingerprint density at radius 1 is 0.388 bits per heavy atom. The van der Waals surface area contributed by atoms with Crippen LogP contribution in [-0.2, 0) is 5.41 Å². The van der Waals surface area contributed by atoms with Crippen LogP contribution in [0.25, 0.3) is 44.3 Å². The van der Waals surface area contributed by atoms with Gasteiger partial charge < -0.3 is 9.47 Å². The Bertz CT molecular complexity index is 2490. The van der Waals surface area contributed by atoms with Crippen molar-refractivity contribution in [3.8, 4) is 56.4 Å². The topological polar surface area (TPSA) is 31.4 Å². The van der Waals surface area contributed by atoms with E-state index in [0.29, 0.717) is 17.2 Å². The van der Waals surface area contributed by atoms with E-state index >= 15 is 0 Å². The van der Waals surface area contributed by atoms with Gasteiger partial charge in [0.05, 0.1) is 10.9 Å². The molecule has 2 aliphatic rings. The van der Waals surface area contributed by atoms with Crippen molar-refractivity contribution < 1.29 is 9.47 Å². The molecule has 3 nitrogen and oxygen atoms in total. The third kappa shape index (κ3) is 4.19. The van der Waals surface area contributed by atoms with Gasteiger partial charge in [0.1, 0.15) is 0 Å². The van der Waals surface area contributed by atoms with Crippen molar-refractivity contribution in [2.75, 3.05) is 0 Å².